The minimum atomic E-state index is -3.81. The monoisotopic (exact) mass is 444 g/mol. The lowest BCUT2D eigenvalue weighted by Crippen LogP contribution is -2.26. The van der Waals surface area contributed by atoms with Gasteiger partial charge in [-0.3, -0.25) is 4.79 Å². The molecular weight excluding hydrogens is 431 g/mol. The molecule has 0 spiro atoms. The summed E-state index contributed by atoms with van der Waals surface area (Å²) >= 11 is 5.72. The van der Waals surface area contributed by atoms with Gasteiger partial charge in [0.2, 0.25) is 10.0 Å². The number of pyridine rings is 1. The van der Waals surface area contributed by atoms with E-state index in [0.29, 0.717) is 5.56 Å². The number of rotatable bonds is 5. The van der Waals surface area contributed by atoms with Crippen molar-refractivity contribution in [2.45, 2.75) is 0 Å². The smallest absolute Gasteiger partial charge is 0.255 e. The quantitative estimate of drug-likeness (QED) is 0.638. The molecular formula is C20H14ClFN4O3S. The first-order chi connectivity index (χ1) is 14.2. The van der Waals surface area contributed by atoms with Gasteiger partial charge in [-0.1, -0.05) is 11.6 Å². The van der Waals surface area contributed by atoms with Gasteiger partial charge in [0.15, 0.2) is 0 Å². The Morgan fingerprint density at radius 2 is 1.87 bits per heavy atom. The van der Waals surface area contributed by atoms with Crippen molar-refractivity contribution in [1.29, 1.82) is 5.26 Å². The number of halogens is 2. The van der Waals surface area contributed by atoms with Crippen molar-refractivity contribution < 1.29 is 17.6 Å². The lowest BCUT2D eigenvalue weighted by molar-refractivity contribution is 0.102. The molecule has 0 fully saturated rings. The molecule has 30 heavy (non-hydrogen) atoms. The molecule has 0 atom stereocenters. The van der Waals surface area contributed by atoms with Crippen LogP contribution >= 0.6 is 11.6 Å². The average molecular weight is 445 g/mol. The lowest BCUT2D eigenvalue weighted by Gasteiger charge is -2.21. The minimum Gasteiger partial charge on any atom is -0.322 e. The van der Waals surface area contributed by atoms with E-state index in [4.69, 9.17) is 16.9 Å². The number of amides is 1. The largest absolute Gasteiger partial charge is 0.322 e. The van der Waals surface area contributed by atoms with Gasteiger partial charge in [-0.25, -0.2) is 22.1 Å². The molecule has 0 bridgehead atoms. The standard InChI is InChI=1S/C20H14ClFN4O3S/c1-30(28,29)26(16-5-2-13(12-23)3-6-16)19-10-14(8-9-24-19)20(27)25-15-4-7-18(22)17(21)11-15/h2-11H,1H3,(H,25,27). The normalized spacial score (nSPS) is 10.9. The third-order valence-electron chi connectivity index (χ3n) is 3.96. The van der Waals surface area contributed by atoms with E-state index in [9.17, 15) is 17.6 Å². The molecule has 1 heterocycles. The Bertz CT molecular complexity index is 1260. The van der Waals surface area contributed by atoms with Crippen molar-refractivity contribution in [2.24, 2.45) is 0 Å². The number of aromatic nitrogens is 1. The van der Waals surface area contributed by atoms with Crippen molar-refractivity contribution >= 4 is 44.7 Å². The van der Waals surface area contributed by atoms with E-state index >= 15 is 0 Å². The maximum atomic E-state index is 13.3. The van der Waals surface area contributed by atoms with E-state index in [1.807, 2.05) is 6.07 Å². The summed E-state index contributed by atoms with van der Waals surface area (Å²) in [7, 11) is -3.81. The number of sulfonamides is 1. The fraction of sp³-hybridized carbons (Fsp3) is 0.0500. The highest BCUT2D eigenvalue weighted by Gasteiger charge is 2.22. The predicted molar refractivity (Wildman–Crippen MR) is 112 cm³/mol. The van der Waals surface area contributed by atoms with E-state index in [2.05, 4.69) is 10.3 Å². The molecule has 0 aliphatic carbocycles. The second-order valence-corrected chi connectivity index (χ2v) is 8.41. The van der Waals surface area contributed by atoms with Crippen molar-refractivity contribution in [3.8, 4) is 6.07 Å². The van der Waals surface area contributed by atoms with Crippen LogP contribution in [0.4, 0.5) is 21.6 Å². The summed E-state index contributed by atoms with van der Waals surface area (Å²) in [4.78, 5) is 16.6. The van der Waals surface area contributed by atoms with Gasteiger partial charge in [-0.2, -0.15) is 5.26 Å². The molecule has 0 aliphatic rings. The molecule has 3 aromatic rings. The Balaban J connectivity index is 1.95. The van der Waals surface area contributed by atoms with Gasteiger partial charge in [0, 0.05) is 17.4 Å². The molecule has 10 heteroatoms. The number of hydrogen-bond donors (Lipinski definition) is 1. The van der Waals surface area contributed by atoms with E-state index in [1.54, 1.807) is 0 Å². The van der Waals surface area contributed by atoms with Gasteiger partial charge in [0.25, 0.3) is 5.91 Å². The molecule has 0 saturated carbocycles. The zero-order chi connectivity index (χ0) is 21.9. The first-order valence-electron chi connectivity index (χ1n) is 8.42. The van der Waals surface area contributed by atoms with Crippen molar-refractivity contribution in [3.63, 3.8) is 0 Å². The summed E-state index contributed by atoms with van der Waals surface area (Å²) in [5, 5.41) is 11.3. The highest BCUT2D eigenvalue weighted by Crippen LogP contribution is 2.28. The minimum absolute atomic E-state index is 0.00741. The van der Waals surface area contributed by atoms with E-state index in [0.717, 1.165) is 16.6 Å². The molecule has 3 rings (SSSR count). The molecule has 152 valence electrons. The molecule has 2 aromatic carbocycles. The SMILES string of the molecule is CS(=O)(=O)N(c1ccc(C#N)cc1)c1cc(C(=O)Nc2ccc(F)c(Cl)c2)ccn1. The summed E-state index contributed by atoms with van der Waals surface area (Å²) in [6.07, 6.45) is 2.30. The fourth-order valence-electron chi connectivity index (χ4n) is 2.61. The molecule has 1 N–H and O–H groups in total. The highest BCUT2D eigenvalue weighted by molar-refractivity contribution is 7.92. The van der Waals surface area contributed by atoms with Crippen molar-refractivity contribution in [2.75, 3.05) is 15.9 Å². The summed E-state index contributed by atoms with van der Waals surface area (Å²) in [6, 6.07) is 14.3. The van der Waals surface area contributed by atoms with E-state index < -0.39 is 21.7 Å². The van der Waals surface area contributed by atoms with Crippen LogP contribution in [0.2, 0.25) is 5.02 Å². The Morgan fingerprint density at radius 3 is 2.47 bits per heavy atom. The molecule has 7 nitrogen and oxygen atoms in total. The third-order valence-corrected chi connectivity index (χ3v) is 5.31. The maximum absolute atomic E-state index is 13.3. The van der Waals surface area contributed by atoms with Gasteiger partial charge < -0.3 is 5.32 Å². The second-order valence-electron chi connectivity index (χ2n) is 6.17. The number of nitrogens with one attached hydrogen (secondary N) is 1. The zero-order valence-electron chi connectivity index (χ0n) is 15.5. The molecule has 1 aromatic heterocycles. The lowest BCUT2D eigenvalue weighted by atomic mass is 10.2. The molecule has 0 unspecified atom stereocenters. The Kier molecular flexibility index (Phi) is 6.01. The summed E-state index contributed by atoms with van der Waals surface area (Å²) < 4.78 is 39.0. The molecule has 1 amide bonds. The summed E-state index contributed by atoms with van der Waals surface area (Å²) in [5.74, 6) is -1.19. The maximum Gasteiger partial charge on any atom is 0.255 e. The number of nitrogens with zero attached hydrogens (tertiary/aromatic N) is 3. The van der Waals surface area contributed by atoms with Gasteiger partial charge in [-0.15, -0.1) is 0 Å². The van der Waals surface area contributed by atoms with Crippen LogP contribution in [0.3, 0.4) is 0 Å². The van der Waals surface area contributed by atoms with E-state index in [1.165, 1.54) is 54.7 Å². The number of anilines is 3. The number of carbonyl (C=O) groups excluding carboxylic acids is 1. The number of nitriles is 1. The van der Waals surface area contributed by atoms with Crippen LogP contribution in [0.15, 0.2) is 60.8 Å². The Morgan fingerprint density at radius 1 is 1.17 bits per heavy atom. The zero-order valence-corrected chi connectivity index (χ0v) is 17.1. The third kappa shape index (κ3) is 4.74. The van der Waals surface area contributed by atoms with Crippen LogP contribution in [-0.4, -0.2) is 25.6 Å². The summed E-state index contributed by atoms with van der Waals surface area (Å²) in [6.45, 7) is 0. The van der Waals surface area contributed by atoms with Crippen molar-refractivity contribution in [3.05, 3.63) is 82.8 Å². The van der Waals surface area contributed by atoms with Crippen LogP contribution in [-0.2, 0) is 10.0 Å². The van der Waals surface area contributed by atoms with Crippen LogP contribution < -0.4 is 9.62 Å². The van der Waals surface area contributed by atoms with Crippen LogP contribution in [0, 0.1) is 17.1 Å². The van der Waals surface area contributed by atoms with E-state index in [-0.39, 0.29) is 27.8 Å². The number of benzene rings is 2. The highest BCUT2D eigenvalue weighted by atomic mass is 35.5. The van der Waals surface area contributed by atoms with Gasteiger partial charge in [0.1, 0.15) is 11.6 Å². The van der Waals surface area contributed by atoms with Crippen LogP contribution in [0.1, 0.15) is 15.9 Å². The van der Waals surface area contributed by atoms with Crippen LogP contribution in [0.25, 0.3) is 0 Å². The second kappa shape index (κ2) is 8.49. The Labute approximate surface area is 177 Å². The first kappa shape index (κ1) is 21.2. The molecule has 0 saturated heterocycles. The summed E-state index contributed by atoms with van der Waals surface area (Å²) in [5.41, 5.74) is 1.03. The fourth-order valence-corrected chi connectivity index (χ4v) is 3.74. The van der Waals surface area contributed by atoms with Gasteiger partial charge in [0.05, 0.1) is 28.6 Å². The molecule has 0 aliphatic heterocycles. The number of hydrogen-bond acceptors (Lipinski definition) is 5. The topological polar surface area (TPSA) is 103 Å². The van der Waals surface area contributed by atoms with Gasteiger partial charge in [-0.05, 0) is 54.6 Å². The average Bonchev–Trinajstić information content (AvgIpc) is 2.70. The Hall–Kier alpha value is -3.48. The van der Waals surface area contributed by atoms with Gasteiger partial charge >= 0.3 is 0 Å². The predicted octanol–water partition coefficient (Wildman–Crippen LogP) is 4.10. The number of carbonyl (C=O) groups is 1. The van der Waals surface area contributed by atoms with Crippen molar-refractivity contribution in [1.82, 2.24) is 4.98 Å². The first-order valence-corrected chi connectivity index (χ1v) is 10.6. The van der Waals surface area contributed by atoms with Crippen LogP contribution in [0.5, 0.6) is 0 Å². The molecule has 0 radical (unpaired) electrons.